The maximum atomic E-state index is 5.21. The number of methoxy groups -OCH3 is 1. The number of rotatable bonds is 5. The summed E-state index contributed by atoms with van der Waals surface area (Å²) in [7, 11) is 3.57. The van der Waals surface area contributed by atoms with Crippen molar-refractivity contribution in [3.63, 3.8) is 0 Å². The van der Waals surface area contributed by atoms with E-state index in [2.05, 4.69) is 36.2 Å². The molecule has 1 N–H and O–H groups in total. The first kappa shape index (κ1) is 13.1. The van der Waals surface area contributed by atoms with Gasteiger partial charge in [0.1, 0.15) is 0 Å². The lowest BCUT2D eigenvalue weighted by atomic mass is 9.96. The zero-order valence-electron chi connectivity index (χ0n) is 10.7. The smallest absolute Gasteiger partial charge is 0.228 e. The van der Waals surface area contributed by atoms with Crippen LogP contribution in [0.3, 0.4) is 0 Å². The summed E-state index contributed by atoms with van der Waals surface area (Å²) in [4.78, 5) is 4.38. The van der Waals surface area contributed by atoms with Crippen LogP contribution in [0.5, 0.6) is 0 Å². The van der Waals surface area contributed by atoms with Gasteiger partial charge in [-0.25, -0.2) is 0 Å². The number of nitrogens with one attached hydrogen (secondary N) is 1. The summed E-state index contributed by atoms with van der Waals surface area (Å²) in [6.45, 7) is 6.81. The lowest BCUT2D eigenvalue weighted by Crippen LogP contribution is -2.32. The summed E-state index contributed by atoms with van der Waals surface area (Å²) in [6.07, 6.45) is 0.688. The van der Waals surface area contributed by atoms with Gasteiger partial charge in [-0.05, 0) is 7.05 Å². The fourth-order valence-electron chi connectivity index (χ4n) is 1.30. The summed E-state index contributed by atoms with van der Waals surface area (Å²) >= 11 is 0. The van der Waals surface area contributed by atoms with Gasteiger partial charge in [0.15, 0.2) is 5.82 Å². The van der Waals surface area contributed by atoms with Gasteiger partial charge in [0.2, 0.25) is 5.89 Å². The van der Waals surface area contributed by atoms with Crippen LogP contribution in [0.25, 0.3) is 0 Å². The Bertz CT molecular complexity index is 317. The van der Waals surface area contributed by atoms with Crippen molar-refractivity contribution in [3.05, 3.63) is 11.7 Å². The molecule has 0 radical (unpaired) electrons. The molecule has 0 aliphatic carbocycles. The maximum Gasteiger partial charge on any atom is 0.228 e. The molecule has 0 saturated carbocycles. The van der Waals surface area contributed by atoms with Gasteiger partial charge in [-0.1, -0.05) is 25.9 Å². The average Bonchev–Trinajstić information content (AvgIpc) is 2.65. The van der Waals surface area contributed by atoms with Gasteiger partial charge in [0.05, 0.1) is 6.61 Å². The van der Waals surface area contributed by atoms with Crippen LogP contribution in [0.1, 0.15) is 32.5 Å². The quantitative estimate of drug-likeness (QED) is 0.817. The number of likely N-dealkylation sites (N-methyl/N-ethyl adjacent to an activating group) is 1. The lowest BCUT2D eigenvalue weighted by molar-refractivity contribution is 0.165. The van der Waals surface area contributed by atoms with Crippen LogP contribution in [0.2, 0.25) is 0 Å². The average molecular weight is 227 g/mol. The Balaban J connectivity index is 2.64. The normalized spacial score (nSPS) is 14.1. The molecular formula is C11H21N3O2. The summed E-state index contributed by atoms with van der Waals surface area (Å²) in [5.41, 5.74) is -0.0713. The van der Waals surface area contributed by atoms with Crippen LogP contribution < -0.4 is 5.32 Å². The van der Waals surface area contributed by atoms with Crippen molar-refractivity contribution >= 4 is 0 Å². The zero-order chi connectivity index (χ0) is 12.2. The Hall–Kier alpha value is -0.940. The van der Waals surface area contributed by atoms with E-state index in [0.717, 1.165) is 5.82 Å². The molecule has 92 valence electrons. The molecule has 0 aliphatic rings. The second-order valence-corrected chi connectivity index (χ2v) is 4.91. The van der Waals surface area contributed by atoms with Crippen molar-refractivity contribution in [2.45, 2.75) is 38.6 Å². The Morgan fingerprint density at radius 3 is 2.56 bits per heavy atom. The van der Waals surface area contributed by atoms with E-state index in [4.69, 9.17) is 9.26 Å². The maximum absolute atomic E-state index is 5.21. The van der Waals surface area contributed by atoms with E-state index in [1.807, 2.05) is 7.05 Å². The van der Waals surface area contributed by atoms with Gasteiger partial charge in [-0.3, -0.25) is 0 Å². The lowest BCUT2D eigenvalue weighted by Gasteiger charge is -2.12. The minimum absolute atomic E-state index is 0.0713. The number of hydrogen-bond acceptors (Lipinski definition) is 5. The third-order valence-electron chi connectivity index (χ3n) is 2.34. The Kier molecular flexibility index (Phi) is 4.44. The van der Waals surface area contributed by atoms with Crippen molar-refractivity contribution in [3.8, 4) is 0 Å². The summed E-state index contributed by atoms with van der Waals surface area (Å²) < 4.78 is 10.3. The largest absolute Gasteiger partial charge is 0.383 e. The SMILES string of the molecule is CNC(COC)Cc1nc(C(C)(C)C)no1. The second kappa shape index (κ2) is 5.41. The van der Waals surface area contributed by atoms with E-state index in [9.17, 15) is 0 Å². The monoisotopic (exact) mass is 227 g/mol. The third-order valence-corrected chi connectivity index (χ3v) is 2.34. The molecule has 0 aliphatic heterocycles. The highest BCUT2D eigenvalue weighted by atomic mass is 16.5. The van der Waals surface area contributed by atoms with E-state index in [-0.39, 0.29) is 11.5 Å². The minimum atomic E-state index is -0.0713. The minimum Gasteiger partial charge on any atom is -0.383 e. The summed E-state index contributed by atoms with van der Waals surface area (Å²) in [5.74, 6) is 1.40. The molecule has 1 heterocycles. The zero-order valence-corrected chi connectivity index (χ0v) is 10.7. The molecule has 0 saturated heterocycles. The molecule has 16 heavy (non-hydrogen) atoms. The fourth-order valence-corrected chi connectivity index (χ4v) is 1.30. The second-order valence-electron chi connectivity index (χ2n) is 4.91. The van der Waals surface area contributed by atoms with Crippen molar-refractivity contribution in [2.24, 2.45) is 0 Å². The standard InChI is InChI=1S/C11H21N3O2/c1-11(2,3)10-13-9(16-14-10)6-8(12-4)7-15-5/h8,12H,6-7H2,1-5H3. The van der Waals surface area contributed by atoms with Crippen molar-refractivity contribution in [2.75, 3.05) is 20.8 Å². The molecule has 1 atom stereocenters. The van der Waals surface area contributed by atoms with Crippen LogP contribution in [0.15, 0.2) is 4.52 Å². The molecule has 1 unspecified atom stereocenters. The van der Waals surface area contributed by atoms with Gasteiger partial charge in [-0.15, -0.1) is 0 Å². The van der Waals surface area contributed by atoms with E-state index >= 15 is 0 Å². The summed E-state index contributed by atoms with van der Waals surface area (Å²) in [5, 5.41) is 7.13. The van der Waals surface area contributed by atoms with E-state index in [0.29, 0.717) is 18.9 Å². The first-order chi connectivity index (χ1) is 7.47. The number of hydrogen-bond donors (Lipinski definition) is 1. The van der Waals surface area contributed by atoms with Crippen molar-refractivity contribution in [1.82, 2.24) is 15.5 Å². The predicted molar refractivity (Wildman–Crippen MR) is 61.4 cm³/mol. The Morgan fingerprint density at radius 1 is 1.44 bits per heavy atom. The first-order valence-electron chi connectivity index (χ1n) is 5.46. The van der Waals surface area contributed by atoms with Gasteiger partial charge >= 0.3 is 0 Å². The summed E-state index contributed by atoms with van der Waals surface area (Å²) in [6, 6.07) is 0.207. The number of ether oxygens (including phenoxy) is 1. The molecule has 0 spiro atoms. The fraction of sp³-hybridized carbons (Fsp3) is 0.818. The molecule has 0 fully saturated rings. The van der Waals surface area contributed by atoms with Crippen LogP contribution in [-0.2, 0) is 16.6 Å². The molecule has 0 aromatic carbocycles. The van der Waals surface area contributed by atoms with Gasteiger partial charge in [-0.2, -0.15) is 4.98 Å². The van der Waals surface area contributed by atoms with Crippen LogP contribution in [0, 0.1) is 0 Å². The first-order valence-corrected chi connectivity index (χ1v) is 5.46. The van der Waals surface area contributed by atoms with Gasteiger partial charge < -0.3 is 14.6 Å². The highest BCUT2D eigenvalue weighted by Gasteiger charge is 2.21. The molecule has 0 amide bonds. The van der Waals surface area contributed by atoms with E-state index in [1.165, 1.54) is 0 Å². The molecule has 0 bridgehead atoms. The van der Waals surface area contributed by atoms with Crippen LogP contribution >= 0.6 is 0 Å². The van der Waals surface area contributed by atoms with Gasteiger partial charge in [0.25, 0.3) is 0 Å². The van der Waals surface area contributed by atoms with Crippen LogP contribution in [0.4, 0.5) is 0 Å². The van der Waals surface area contributed by atoms with Crippen molar-refractivity contribution in [1.29, 1.82) is 0 Å². The molecule has 1 aromatic heterocycles. The molecular weight excluding hydrogens is 206 g/mol. The molecule has 1 aromatic rings. The van der Waals surface area contributed by atoms with Crippen molar-refractivity contribution < 1.29 is 9.26 Å². The molecule has 5 heteroatoms. The Morgan fingerprint density at radius 2 is 2.12 bits per heavy atom. The molecule has 5 nitrogen and oxygen atoms in total. The predicted octanol–water partition coefficient (Wildman–Crippen LogP) is 1.14. The Labute approximate surface area is 96.6 Å². The number of nitrogens with zero attached hydrogens (tertiary/aromatic N) is 2. The third kappa shape index (κ3) is 3.57. The molecule has 1 rings (SSSR count). The van der Waals surface area contributed by atoms with E-state index < -0.39 is 0 Å². The highest BCUT2D eigenvalue weighted by Crippen LogP contribution is 2.18. The highest BCUT2D eigenvalue weighted by molar-refractivity contribution is 5.00. The number of aromatic nitrogens is 2. The van der Waals surface area contributed by atoms with E-state index in [1.54, 1.807) is 7.11 Å². The van der Waals surface area contributed by atoms with Crippen LogP contribution in [-0.4, -0.2) is 36.9 Å². The topological polar surface area (TPSA) is 60.2 Å². The van der Waals surface area contributed by atoms with Gasteiger partial charge in [0, 0.05) is 25.0 Å².